The molecule has 0 unspecified atom stereocenters. The molecular weight excluding hydrogens is 250 g/mol. The van der Waals surface area contributed by atoms with E-state index >= 15 is 0 Å². The van der Waals surface area contributed by atoms with Gasteiger partial charge < -0.3 is 15.7 Å². The van der Waals surface area contributed by atoms with Crippen LogP contribution in [-0.2, 0) is 17.9 Å². The molecule has 1 heterocycles. The van der Waals surface area contributed by atoms with Crippen LogP contribution in [0.1, 0.15) is 26.5 Å². The maximum Gasteiger partial charge on any atom is 0.325 e. The summed E-state index contributed by atoms with van der Waals surface area (Å²) in [5.41, 5.74) is 0.522. The average Bonchev–Trinajstić information content (AvgIpc) is 2.69. The molecule has 0 bridgehead atoms. The Labute approximate surface area is 111 Å². The minimum absolute atomic E-state index is 0.0158. The molecule has 0 radical (unpaired) electrons. The zero-order chi connectivity index (χ0) is 14.5. The van der Waals surface area contributed by atoms with Crippen LogP contribution in [0, 0.1) is 5.41 Å². The number of carbonyl (C=O) groups excluding carboxylic acids is 1. The number of carbonyl (C=O) groups is 2. The van der Waals surface area contributed by atoms with Gasteiger partial charge in [0.15, 0.2) is 0 Å². The predicted octanol–water partition coefficient (Wildman–Crippen LogP) is 0.208. The first-order valence-electron chi connectivity index (χ1n) is 5.89. The summed E-state index contributed by atoms with van der Waals surface area (Å²) in [6.07, 6.45) is 1.48. The Morgan fingerprint density at radius 2 is 2.05 bits per heavy atom. The van der Waals surface area contributed by atoms with E-state index in [4.69, 9.17) is 5.11 Å². The predicted molar refractivity (Wildman–Crippen MR) is 67.4 cm³/mol. The standard InChI is InChI=1S/C11H19N5O3/c1-11(2,3)7-13-10(19)12-4-8-5-16(15-14-8)6-9(17)18/h5H,4,6-7H2,1-3H3,(H,17,18)(H2,12,13,19). The lowest BCUT2D eigenvalue weighted by Crippen LogP contribution is -2.39. The Morgan fingerprint density at radius 3 is 2.63 bits per heavy atom. The lowest BCUT2D eigenvalue weighted by molar-refractivity contribution is -0.137. The highest BCUT2D eigenvalue weighted by Crippen LogP contribution is 2.09. The SMILES string of the molecule is CC(C)(C)CNC(=O)NCc1cn(CC(=O)O)nn1. The van der Waals surface area contributed by atoms with E-state index in [1.54, 1.807) is 0 Å². The quantitative estimate of drug-likeness (QED) is 0.708. The number of aromatic nitrogens is 3. The second-order valence-corrected chi connectivity index (χ2v) is 5.40. The van der Waals surface area contributed by atoms with Crippen molar-refractivity contribution in [3.05, 3.63) is 11.9 Å². The largest absolute Gasteiger partial charge is 0.480 e. The lowest BCUT2D eigenvalue weighted by Gasteiger charge is -2.18. The van der Waals surface area contributed by atoms with Gasteiger partial charge in [0.2, 0.25) is 0 Å². The van der Waals surface area contributed by atoms with Crippen LogP contribution < -0.4 is 10.6 Å². The zero-order valence-corrected chi connectivity index (χ0v) is 11.3. The second kappa shape index (κ2) is 6.17. The number of hydrogen-bond acceptors (Lipinski definition) is 4. The molecule has 0 atom stereocenters. The summed E-state index contributed by atoms with van der Waals surface area (Å²) in [6.45, 7) is 6.57. The number of urea groups is 1. The Kier molecular flexibility index (Phi) is 4.85. The van der Waals surface area contributed by atoms with Crippen LogP contribution >= 0.6 is 0 Å². The molecule has 8 heteroatoms. The van der Waals surface area contributed by atoms with Gasteiger partial charge in [0, 0.05) is 6.54 Å². The fourth-order valence-corrected chi connectivity index (χ4v) is 1.21. The molecule has 8 nitrogen and oxygen atoms in total. The van der Waals surface area contributed by atoms with Crippen LogP contribution in [-0.4, -0.2) is 38.6 Å². The number of amides is 2. The fraction of sp³-hybridized carbons (Fsp3) is 0.636. The summed E-state index contributed by atoms with van der Waals surface area (Å²) in [6, 6.07) is -0.289. The molecule has 1 aromatic rings. The van der Waals surface area contributed by atoms with E-state index < -0.39 is 5.97 Å². The number of hydrogen-bond donors (Lipinski definition) is 3. The van der Waals surface area contributed by atoms with E-state index in [0.29, 0.717) is 12.2 Å². The van der Waals surface area contributed by atoms with Crippen molar-refractivity contribution in [2.45, 2.75) is 33.9 Å². The molecule has 0 spiro atoms. The molecule has 0 aliphatic carbocycles. The smallest absolute Gasteiger partial charge is 0.325 e. The fourth-order valence-electron chi connectivity index (χ4n) is 1.21. The molecule has 0 saturated heterocycles. The second-order valence-electron chi connectivity index (χ2n) is 5.40. The molecule has 0 saturated carbocycles. The van der Waals surface area contributed by atoms with Gasteiger partial charge in [0.05, 0.1) is 12.7 Å². The van der Waals surface area contributed by atoms with Gasteiger partial charge in [-0.1, -0.05) is 26.0 Å². The number of nitrogens with one attached hydrogen (secondary N) is 2. The molecule has 1 rings (SSSR count). The third-order valence-corrected chi connectivity index (χ3v) is 2.09. The number of carboxylic acids is 1. The highest BCUT2D eigenvalue weighted by atomic mass is 16.4. The van der Waals surface area contributed by atoms with Crippen molar-refractivity contribution in [1.29, 1.82) is 0 Å². The first-order valence-corrected chi connectivity index (χ1v) is 5.89. The summed E-state index contributed by atoms with van der Waals surface area (Å²) < 4.78 is 1.20. The Bertz CT molecular complexity index is 449. The number of carboxylic acid groups (broad SMARTS) is 1. The number of nitrogens with zero attached hydrogens (tertiary/aromatic N) is 3. The average molecular weight is 269 g/mol. The minimum Gasteiger partial charge on any atom is -0.480 e. The van der Waals surface area contributed by atoms with E-state index in [9.17, 15) is 9.59 Å². The molecular formula is C11H19N5O3. The van der Waals surface area contributed by atoms with Gasteiger partial charge in [-0.25, -0.2) is 9.48 Å². The van der Waals surface area contributed by atoms with E-state index in [2.05, 4.69) is 20.9 Å². The summed E-state index contributed by atoms with van der Waals surface area (Å²) >= 11 is 0. The van der Waals surface area contributed by atoms with E-state index in [1.165, 1.54) is 10.9 Å². The molecule has 19 heavy (non-hydrogen) atoms. The van der Waals surface area contributed by atoms with Crippen LogP contribution in [0.4, 0.5) is 4.79 Å². The van der Waals surface area contributed by atoms with E-state index in [-0.39, 0.29) is 24.5 Å². The molecule has 3 N–H and O–H groups in total. The van der Waals surface area contributed by atoms with Crippen molar-refractivity contribution in [3.8, 4) is 0 Å². The van der Waals surface area contributed by atoms with Crippen molar-refractivity contribution in [2.75, 3.05) is 6.54 Å². The molecule has 2 amide bonds. The summed E-state index contributed by atoms with van der Waals surface area (Å²) in [7, 11) is 0. The van der Waals surface area contributed by atoms with Crippen LogP contribution in [0.25, 0.3) is 0 Å². The Morgan fingerprint density at radius 1 is 1.37 bits per heavy atom. The molecule has 0 aliphatic heterocycles. The van der Waals surface area contributed by atoms with Gasteiger partial charge in [-0.15, -0.1) is 5.10 Å². The van der Waals surface area contributed by atoms with Crippen LogP contribution in [0.5, 0.6) is 0 Å². The van der Waals surface area contributed by atoms with E-state index in [1.807, 2.05) is 20.8 Å². The van der Waals surface area contributed by atoms with Crippen LogP contribution in [0.15, 0.2) is 6.20 Å². The van der Waals surface area contributed by atoms with Gasteiger partial charge in [-0.2, -0.15) is 0 Å². The molecule has 0 fully saturated rings. The lowest BCUT2D eigenvalue weighted by atomic mass is 9.97. The number of aliphatic carboxylic acids is 1. The summed E-state index contributed by atoms with van der Waals surface area (Å²) in [4.78, 5) is 21.9. The van der Waals surface area contributed by atoms with Gasteiger partial charge >= 0.3 is 12.0 Å². The van der Waals surface area contributed by atoms with Crippen molar-refractivity contribution >= 4 is 12.0 Å². The van der Waals surface area contributed by atoms with E-state index in [0.717, 1.165) is 0 Å². The van der Waals surface area contributed by atoms with Gasteiger partial charge in [0.25, 0.3) is 0 Å². The monoisotopic (exact) mass is 269 g/mol. The molecule has 0 aliphatic rings. The number of rotatable bonds is 5. The Balaban J connectivity index is 2.34. The topological polar surface area (TPSA) is 109 Å². The maximum atomic E-state index is 11.5. The van der Waals surface area contributed by atoms with Crippen molar-refractivity contribution in [2.24, 2.45) is 5.41 Å². The van der Waals surface area contributed by atoms with Gasteiger partial charge in [-0.05, 0) is 5.41 Å². The summed E-state index contributed by atoms with van der Waals surface area (Å²) in [5, 5.41) is 21.3. The molecule has 0 aromatic carbocycles. The third-order valence-electron chi connectivity index (χ3n) is 2.09. The zero-order valence-electron chi connectivity index (χ0n) is 11.3. The molecule has 106 valence electrons. The minimum atomic E-state index is -0.993. The van der Waals surface area contributed by atoms with Crippen molar-refractivity contribution in [3.63, 3.8) is 0 Å². The highest BCUT2D eigenvalue weighted by Gasteiger charge is 2.12. The van der Waals surface area contributed by atoms with Crippen LogP contribution in [0.3, 0.4) is 0 Å². The maximum absolute atomic E-state index is 11.5. The van der Waals surface area contributed by atoms with Gasteiger partial charge in [0.1, 0.15) is 12.2 Å². The summed E-state index contributed by atoms with van der Waals surface area (Å²) in [5.74, 6) is -0.993. The normalized spacial score (nSPS) is 11.1. The van der Waals surface area contributed by atoms with Crippen molar-refractivity contribution < 1.29 is 14.7 Å². The van der Waals surface area contributed by atoms with Gasteiger partial charge in [-0.3, -0.25) is 4.79 Å². The Hall–Kier alpha value is -2.12. The first kappa shape index (κ1) is 14.9. The first-order chi connectivity index (χ1) is 8.76. The highest BCUT2D eigenvalue weighted by molar-refractivity contribution is 5.73. The van der Waals surface area contributed by atoms with Crippen molar-refractivity contribution in [1.82, 2.24) is 25.6 Å². The van der Waals surface area contributed by atoms with Crippen LogP contribution in [0.2, 0.25) is 0 Å². The molecule has 1 aromatic heterocycles. The third kappa shape index (κ3) is 6.39.